The molecule has 2 aliphatic rings. The average molecular weight is 459 g/mol. The molecule has 178 valence electrons. The Hall–Kier alpha value is -3.17. The maximum absolute atomic E-state index is 12.7. The predicted octanol–water partition coefficient (Wildman–Crippen LogP) is 5.03. The SMILES string of the molecule is CC(c1cccc(NC(=O)c2ccc(C#N)cc2)c1)N1CCC(C(=O)NC2CCCCC2)CC1. The summed E-state index contributed by atoms with van der Waals surface area (Å²) in [6.45, 7) is 3.97. The summed E-state index contributed by atoms with van der Waals surface area (Å²) in [7, 11) is 0. The number of piperidine rings is 1. The Bertz CT molecular complexity index is 1030. The molecule has 1 aliphatic carbocycles. The van der Waals surface area contributed by atoms with Gasteiger partial charge in [-0.05, 0) is 87.7 Å². The molecule has 1 unspecified atom stereocenters. The van der Waals surface area contributed by atoms with E-state index >= 15 is 0 Å². The van der Waals surface area contributed by atoms with Crippen LogP contribution in [-0.2, 0) is 4.79 Å². The molecule has 1 aliphatic heterocycles. The minimum absolute atomic E-state index is 0.114. The zero-order valence-electron chi connectivity index (χ0n) is 19.9. The van der Waals surface area contributed by atoms with Crippen LogP contribution in [0.4, 0.5) is 5.69 Å². The van der Waals surface area contributed by atoms with Gasteiger partial charge in [-0.2, -0.15) is 5.26 Å². The van der Waals surface area contributed by atoms with Gasteiger partial charge in [0.05, 0.1) is 11.6 Å². The Labute approximate surface area is 202 Å². The highest BCUT2D eigenvalue weighted by molar-refractivity contribution is 6.04. The summed E-state index contributed by atoms with van der Waals surface area (Å²) in [5.41, 5.74) is 2.94. The van der Waals surface area contributed by atoms with Crippen molar-refractivity contribution in [2.45, 2.75) is 64.0 Å². The van der Waals surface area contributed by atoms with E-state index in [1.54, 1.807) is 24.3 Å². The molecule has 2 N–H and O–H groups in total. The number of likely N-dealkylation sites (tertiary alicyclic amines) is 1. The van der Waals surface area contributed by atoms with Gasteiger partial charge in [0, 0.05) is 29.3 Å². The van der Waals surface area contributed by atoms with Crippen molar-refractivity contribution in [3.63, 3.8) is 0 Å². The van der Waals surface area contributed by atoms with Crippen molar-refractivity contribution in [3.8, 4) is 6.07 Å². The quantitative estimate of drug-likeness (QED) is 0.636. The normalized spacial score (nSPS) is 18.6. The highest BCUT2D eigenvalue weighted by Crippen LogP contribution is 2.29. The lowest BCUT2D eigenvalue weighted by atomic mass is 9.91. The number of benzene rings is 2. The van der Waals surface area contributed by atoms with Crippen LogP contribution in [0.15, 0.2) is 48.5 Å². The van der Waals surface area contributed by atoms with E-state index < -0.39 is 0 Å². The van der Waals surface area contributed by atoms with Gasteiger partial charge in [-0.25, -0.2) is 0 Å². The van der Waals surface area contributed by atoms with Gasteiger partial charge in [0.1, 0.15) is 0 Å². The Morgan fingerprint density at radius 3 is 2.38 bits per heavy atom. The number of nitriles is 1. The van der Waals surface area contributed by atoms with E-state index in [0.717, 1.165) is 50.0 Å². The van der Waals surface area contributed by atoms with Gasteiger partial charge in [-0.15, -0.1) is 0 Å². The van der Waals surface area contributed by atoms with Crippen molar-refractivity contribution < 1.29 is 9.59 Å². The fourth-order valence-electron chi connectivity index (χ4n) is 5.10. The van der Waals surface area contributed by atoms with E-state index in [1.807, 2.05) is 18.2 Å². The summed E-state index contributed by atoms with van der Waals surface area (Å²) in [5, 5.41) is 15.2. The van der Waals surface area contributed by atoms with E-state index in [9.17, 15) is 9.59 Å². The van der Waals surface area contributed by atoms with Crippen molar-refractivity contribution in [1.29, 1.82) is 5.26 Å². The van der Waals surface area contributed by atoms with Crippen LogP contribution in [0, 0.1) is 17.2 Å². The Kier molecular flexibility index (Phi) is 7.97. The summed E-state index contributed by atoms with van der Waals surface area (Å²) >= 11 is 0. The monoisotopic (exact) mass is 458 g/mol. The standard InChI is InChI=1S/C28H34N4O2/c1-20(32-16-14-23(15-17-32)28(34)30-25-7-3-2-4-8-25)24-6-5-9-26(18-24)31-27(33)22-12-10-21(19-29)11-13-22/h5-6,9-13,18,20,23,25H,2-4,7-8,14-17H2,1H3,(H,30,34)(H,31,33). The number of nitrogens with zero attached hydrogens (tertiary/aromatic N) is 2. The molecule has 0 radical (unpaired) electrons. The Morgan fingerprint density at radius 2 is 1.71 bits per heavy atom. The smallest absolute Gasteiger partial charge is 0.255 e. The van der Waals surface area contributed by atoms with E-state index in [-0.39, 0.29) is 23.8 Å². The maximum atomic E-state index is 12.7. The molecular weight excluding hydrogens is 424 g/mol. The second-order valence-corrected chi connectivity index (χ2v) is 9.60. The molecular formula is C28H34N4O2. The van der Waals surface area contributed by atoms with Gasteiger partial charge in [-0.3, -0.25) is 14.5 Å². The van der Waals surface area contributed by atoms with Crippen molar-refractivity contribution in [3.05, 3.63) is 65.2 Å². The molecule has 2 fully saturated rings. The molecule has 1 heterocycles. The summed E-state index contributed by atoms with van der Waals surface area (Å²) in [6, 6.07) is 17.2. The van der Waals surface area contributed by atoms with Crippen LogP contribution < -0.4 is 10.6 Å². The minimum atomic E-state index is -0.195. The number of rotatable bonds is 6. The van der Waals surface area contributed by atoms with Crippen LogP contribution in [0.5, 0.6) is 0 Å². The number of amides is 2. The number of nitrogens with one attached hydrogen (secondary N) is 2. The van der Waals surface area contributed by atoms with Crippen molar-refractivity contribution >= 4 is 17.5 Å². The van der Waals surface area contributed by atoms with Gasteiger partial charge in [0.15, 0.2) is 0 Å². The Balaban J connectivity index is 1.30. The average Bonchev–Trinajstić information content (AvgIpc) is 2.89. The molecule has 0 aromatic heterocycles. The molecule has 1 saturated carbocycles. The summed E-state index contributed by atoms with van der Waals surface area (Å²) < 4.78 is 0. The molecule has 0 spiro atoms. The lowest BCUT2D eigenvalue weighted by Crippen LogP contribution is -2.44. The summed E-state index contributed by atoms with van der Waals surface area (Å²) in [5.74, 6) is 0.161. The van der Waals surface area contributed by atoms with Crippen LogP contribution in [0.3, 0.4) is 0 Å². The third kappa shape index (κ3) is 6.03. The van der Waals surface area contributed by atoms with E-state index in [2.05, 4.69) is 34.6 Å². The van der Waals surface area contributed by atoms with Crippen molar-refractivity contribution in [2.24, 2.45) is 5.92 Å². The second kappa shape index (κ2) is 11.3. The molecule has 6 nitrogen and oxygen atoms in total. The predicted molar refractivity (Wildman–Crippen MR) is 133 cm³/mol. The second-order valence-electron chi connectivity index (χ2n) is 9.60. The third-order valence-electron chi connectivity index (χ3n) is 7.30. The van der Waals surface area contributed by atoms with Gasteiger partial charge < -0.3 is 10.6 Å². The third-order valence-corrected chi connectivity index (χ3v) is 7.30. The Morgan fingerprint density at radius 1 is 1.00 bits per heavy atom. The highest BCUT2D eigenvalue weighted by atomic mass is 16.2. The molecule has 34 heavy (non-hydrogen) atoms. The number of anilines is 1. The largest absolute Gasteiger partial charge is 0.353 e. The zero-order valence-corrected chi connectivity index (χ0v) is 19.9. The molecule has 2 aromatic carbocycles. The molecule has 1 atom stereocenters. The van der Waals surface area contributed by atoms with Gasteiger partial charge in [0.25, 0.3) is 5.91 Å². The number of hydrogen-bond acceptors (Lipinski definition) is 4. The number of carbonyl (C=O) groups is 2. The van der Waals surface area contributed by atoms with Crippen LogP contribution in [0.1, 0.15) is 79.4 Å². The first-order valence-corrected chi connectivity index (χ1v) is 12.5. The topological polar surface area (TPSA) is 85.2 Å². The van der Waals surface area contributed by atoms with Crippen LogP contribution in [-0.4, -0.2) is 35.8 Å². The fraction of sp³-hybridized carbons (Fsp3) is 0.464. The first kappa shape index (κ1) is 24.0. The van der Waals surface area contributed by atoms with Crippen LogP contribution >= 0.6 is 0 Å². The summed E-state index contributed by atoms with van der Waals surface area (Å²) in [4.78, 5) is 27.7. The molecule has 6 heteroatoms. The molecule has 2 amide bonds. The summed E-state index contributed by atoms with van der Waals surface area (Å²) in [6.07, 6.45) is 7.78. The minimum Gasteiger partial charge on any atom is -0.353 e. The first-order chi connectivity index (χ1) is 16.5. The fourth-order valence-corrected chi connectivity index (χ4v) is 5.10. The van der Waals surface area contributed by atoms with Crippen LogP contribution in [0.2, 0.25) is 0 Å². The van der Waals surface area contributed by atoms with E-state index in [4.69, 9.17) is 5.26 Å². The van der Waals surface area contributed by atoms with Gasteiger partial charge in [0.2, 0.25) is 5.91 Å². The van der Waals surface area contributed by atoms with E-state index in [0.29, 0.717) is 17.2 Å². The lowest BCUT2D eigenvalue weighted by molar-refractivity contribution is -0.127. The first-order valence-electron chi connectivity index (χ1n) is 12.5. The number of hydrogen-bond donors (Lipinski definition) is 2. The van der Waals surface area contributed by atoms with Gasteiger partial charge in [-0.1, -0.05) is 31.4 Å². The molecule has 2 aromatic rings. The maximum Gasteiger partial charge on any atom is 0.255 e. The lowest BCUT2D eigenvalue weighted by Gasteiger charge is -2.36. The van der Waals surface area contributed by atoms with Crippen molar-refractivity contribution in [2.75, 3.05) is 18.4 Å². The van der Waals surface area contributed by atoms with Crippen molar-refractivity contribution in [1.82, 2.24) is 10.2 Å². The molecule has 1 saturated heterocycles. The zero-order chi connectivity index (χ0) is 23.9. The molecule has 0 bridgehead atoms. The highest BCUT2D eigenvalue weighted by Gasteiger charge is 2.29. The van der Waals surface area contributed by atoms with Crippen LogP contribution in [0.25, 0.3) is 0 Å². The van der Waals surface area contributed by atoms with E-state index in [1.165, 1.54) is 19.3 Å². The number of carbonyl (C=O) groups excluding carboxylic acids is 2. The van der Waals surface area contributed by atoms with Gasteiger partial charge >= 0.3 is 0 Å². The molecule has 4 rings (SSSR count).